The molecular formula is C18H20BrFN4. The van der Waals surface area contributed by atoms with Crippen LogP contribution in [0.4, 0.5) is 10.2 Å². The zero-order valence-electron chi connectivity index (χ0n) is 13.6. The number of halogens is 2. The van der Waals surface area contributed by atoms with E-state index in [9.17, 15) is 4.39 Å². The van der Waals surface area contributed by atoms with Gasteiger partial charge in [-0.25, -0.2) is 14.4 Å². The quantitative estimate of drug-likeness (QED) is 0.800. The smallest absolute Gasteiger partial charge is 0.187 e. The molecule has 3 fully saturated rings. The highest BCUT2D eigenvalue weighted by molar-refractivity contribution is 9.10. The molecule has 0 N–H and O–H groups in total. The van der Waals surface area contributed by atoms with E-state index in [0.717, 1.165) is 24.1 Å². The lowest BCUT2D eigenvalue weighted by molar-refractivity contribution is -0.00892. The Morgan fingerprint density at radius 1 is 1.17 bits per heavy atom. The number of benzene rings is 1. The van der Waals surface area contributed by atoms with Gasteiger partial charge < -0.3 is 4.90 Å². The normalized spacial score (nSPS) is 23.2. The molecule has 3 aliphatic rings. The lowest BCUT2D eigenvalue weighted by Gasteiger charge is -2.56. The lowest BCUT2D eigenvalue weighted by Crippen LogP contribution is -2.68. The zero-order chi connectivity index (χ0) is 16.7. The van der Waals surface area contributed by atoms with E-state index in [2.05, 4.69) is 60.0 Å². The molecule has 2 aromatic rings. The van der Waals surface area contributed by atoms with E-state index in [1.165, 1.54) is 18.3 Å². The molecule has 126 valence electrons. The summed E-state index contributed by atoms with van der Waals surface area (Å²) in [7, 11) is 0. The molecule has 6 heteroatoms. The van der Waals surface area contributed by atoms with Crippen molar-refractivity contribution in [3.63, 3.8) is 0 Å². The third kappa shape index (κ3) is 2.82. The van der Waals surface area contributed by atoms with Crippen molar-refractivity contribution in [2.75, 3.05) is 18.0 Å². The van der Waals surface area contributed by atoms with Gasteiger partial charge >= 0.3 is 0 Å². The van der Waals surface area contributed by atoms with Crippen LogP contribution in [0.3, 0.4) is 0 Å². The van der Waals surface area contributed by atoms with Gasteiger partial charge in [0.1, 0.15) is 6.33 Å². The molecule has 4 nitrogen and oxygen atoms in total. The van der Waals surface area contributed by atoms with Crippen LogP contribution in [0.2, 0.25) is 0 Å². The highest BCUT2D eigenvalue weighted by Crippen LogP contribution is 2.36. The van der Waals surface area contributed by atoms with Gasteiger partial charge in [0.15, 0.2) is 11.6 Å². The fraction of sp³-hybridized carbons (Fsp3) is 0.444. The minimum atomic E-state index is -0.249. The van der Waals surface area contributed by atoms with Crippen LogP contribution in [0.1, 0.15) is 24.6 Å². The van der Waals surface area contributed by atoms with E-state index in [1.54, 1.807) is 0 Å². The number of fused-ring (bicyclic) bond motifs is 2. The second-order valence-corrected chi connectivity index (χ2v) is 7.47. The van der Waals surface area contributed by atoms with Crippen LogP contribution in [0, 0.1) is 5.82 Å². The Bertz CT molecular complexity index is 724. The third-order valence-electron chi connectivity index (χ3n) is 5.10. The molecule has 2 atom stereocenters. The van der Waals surface area contributed by atoms with Crippen molar-refractivity contribution in [2.45, 2.75) is 38.4 Å². The average molecular weight is 391 g/mol. The van der Waals surface area contributed by atoms with E-state index in [1.807, 2.05) is 6.92 Å². The fourth-order valence-electron chi connectivity index (χ4n) is 3.78. The van der Waals surface area contributed by atoms with Gasteiger partial charge in [-0.2, -0.15) is 0 Å². The molecule has 0 amide bonds. The third-order valence-corrected chi connectivity index (χ3v) is 5.63. The van der Waals surface area contributed by atoms with Crippen molar-refractivity contribution >= 4 is 21.7 Å². The van der Waals surface area contributed by atoms with Crippen molar-refractivity contribution in [3.05, 3.63) is 52.1 Å². The van der Waals surface area contributed by atoms with Crippen LogP contribution in [0.5, 0.6) is 0 Å². The molecule has 24 heavy (non-hydrogen) atoms. The number of hydrogen-bond donors (Lipinski definition) is 0. The Morgan fingerprint density at radius 3 is 2.54 bits per heavy atom. The number of hydrogen-bond acceptors (Lipinski definition) is 4. The van der Waals surface area contributed by atoms with Gasteiger partial charge in [0.25, 0.3) is 0 Å². The van der Waals surface area contributed by atoms with Crippen LogP contribution in [0.25, 0.3) is 0 Å². The molecule has 1 aromatic heterocycles. The molecule has 1 aromatic carbocycles. The van der Waals surface area contributed by atoms with Gasteiger partial charge in [0.2, 0.25) is 0 Å². The van der Waals surface area contributed by atoms with Gasteiger partial charge in [0, 0.05) is 36.2 Å². The van der Waals surface area contributed by atoms with Gasteiger partial charge in [-0.1, -0.05) is 35.0 Å². The summed E-state index contributed by atoms with van der Waals surface area (Å²) in [6.07, 6.45) is 3.27. The summed E-state index contributed by atoms with van der Waals surface area (Å²) in [5.74, 6) is 0.223. The average Bonchev–Trinajstić information content (AvgIpc) is 2.61. The second-order valence-electron chi connectivity index (χ2n) is 6.56. The van der Waals surface area contributed by atoms with Gasteiger partial charge in [-0.3, -0.25) is 4.90 Å². The van der Waals surface area contributed by atoms with Crippen LogP contribution >= 0.6 is 15.9 Å². The summed E-state index contributed by atoms with van der Waals surface area (Å²) in [5.41, 5.74) is 1.83. The van der Waals surface area contributed by atoms with E-state index < -0.39 is 0 Å². The van der Waals surface area contributed by atoms with E-state index in [4.69, 9.17) is 0 Å². The van der Waals surface area contributed by atoms with Crippen LogP contribution < -0.4 is 4.90 Å². The summed E-state index contributed by atoms with van der Waals surface area (Å²) in [6, 6.07) is 9.44. The molecule has 3 aliphatic heterocycles. The molecule has 0 radical (unpaired) electrons. The first kappa shape index (κ1) is 16.0. The molecule has 0 aliphatic carbocycles. The van der Waals surface area contributed by atoms with Crippen LogP contribution in [-0.2, 0) is 13.0 Å². The molecule has 0 spiro atoms. The number of rotatable bonds is 4. The number of aromatic nitrogens is 2. The Kier molecular flexibility index (Phi) is 4.26. The van der Waals surface area contributed by atoms with E-state index >= 15 is 0 Å². The van der Waals surface area contributed by atoms with Crippen molar-refractivity contribution in [2.24, 2.45) is 0 Å². The highest BCUT2D eigenvalue weighted by atomic mass is 79.9. The van der Waals surface area contributed by atoms with Crippen LogP contribution in [0.15, 0.2) is 35.1 Å². The highest BCUT2D eigenvalue weighted by Gasteiger charge is 2.45. The van der Waals surface area contributed by atoms with Crippen molar-refractivity contribution in [1.29, 1.82) is 0 Å². The second kappa shape index (κ2) is 6.41. The molecule has 5 rings (SSSR count). The molecule has 0 saturated carbocycles. The van der Waals surface area contributed by atoms with Gasteiger partial charge in [-0.15, -0.1) is 0 Å². The first-order valence-electron chi connectivity index (χ1n) is 8.40. The summed E-state index contributed by atoms with van der Waals surface area (Å²) in [5, 5.41) is 0. The number of piperidine rings is 1. The van der Waals surface area contributed by atoms with Gasteiger partial charge in [0.05, 0.1) is 5.69 Å². The first-order valence-corrected chi connectivity index (χ1v) is 9.19. The minimum Gasteiger partial charge on any atom is -0.351 e. The topological polar surface area (TPSA) is 32.3 Å². The zero-order valence-corrected chi connectivity index (χ0v) is 15.2. The minimum absolute atomic E-state index is 0.249. The standard InChI is InChI=1S/C18H20BrFN4/c1-2-16-17(20)18(22-11-21-16)23-9-14-7-15(10-23)24(14)8-12-3-5-13(19)6-4-12/h3-6,11,14-15H,2,7-10H2,1H3. The van der Waals surface area contributed by atoms with Crippen molar-refractivity contribution < 1.29 is 4.39 Å². The Morgan fingerprint density at radius 2 is 1.88 bits per heavy atom. The number of piperazine rings is 1. The number of nitrogens with zero attached hydrogens (tertiary/aromatic N) is 4. The molecule has 2 unspecified atom stereocenters. The fourth-order valence-corrected chi connectivity index (χ4v) is 4.05. The molecule has 2 bridgehead atoms. The van der Waals surface area contributed by atoms with Crippen LogP contribution in [-0.4, -0.2) is 40.0 Å². The number of aryl methyl sites for hydroxylation is 1. The SMILES string of the molecule is CCc1ncnc(N2CC3CC(C2)N3Cc2ccc(Br)cc2)c1F. The number of anilines is 1. The predicted molar refractivity (Wildman–Crippen MR) is 95.5 cm³/mol. The summed E-state index contributed by atoms with van der Waals surface area (Å²) in [6.45, 7) is 4.56. The van der Waals surface area contributed by atoms with Gasteiger partial charge in [-0.05, 0) is 30.5 Å². The van der Waals surface area contributed by atoms with Crippen molar-refractivity contribution in [1.82, 2.24) is 14.9 Å². The Balaban J connectivity index is 1.46. The summed E-state index contributed by atoms with van der Waals surface area (Å²) >= 11 is 3.48. The van der Waals surface area contributed by atoms with E-state index in [-0.39, 0.29) is 5.82 Å². The first-order chi connectivity index (χ1) is 11.7. The Labute approximate surface area is 149 Å². The lowest BCUT2D eigenvalue weighted by atomic mass is 9.86. The van der Waals surface area contributed by atoms with E-state index in [0.29, 0.717) is 30.0 Å². The maximum Gasteiger partial charge on any atom is 0.187 e. The summed E-state index contributed by atoms with van der Waals surface area (Å²) < 4.78 is 15.6. The predicted octanol–water partition coefficient (Wildman–Crippen LogP) is 3.40. The largest absolute Gasteiger partial charge is 0.351 e. The summed E-state index contributed by atoms with van der Waals surface area (Å²) in [4.78, 5) is 12.9. The maximum atomic E-state index is 14.5. The monoisotopic (exact) mass is 390 g/mol. The van der Waals surface area contributed by atoms with Crippen molar-refractivity contribution in [3.8, 4) is 0 Å². The Hall–Kier alpha value is -1.53. The molecule has 3 saturated heterocycles. The maximum absolute atomic E-state index is 14.5. The molecule has 4 heterocycles. The molecular weight excluding hydrogens is 371 g/mol.